The van der Waals surface area contributed by atoms with Gasteiger partial charge in [0.2, 0.25) is 23.3 Å². The summed E-state index contributed by atoms with van der Waals surface area (Å²) >= 11 is 0. The summed E-state index contributed by atoms with van der Waals surface area (Å²) in [5.74, 6) is 0.933. The number of fused-ring (bicyclic) bond motifs is 2. The van der Waals surface area contributed by atoms with Gasteiger partial charge in [0.15, 0.2) is 11.5 Å². The van der Waals surface area contributed by atoms with Gasteiger partial charge in [0, 0.05) is 72.5 Å². The predicted octanol–water partition coefficient (Wildman–Crippen LogP) is 4.56. The van der Waals surface area contributed by atoms with Gasteiger partial charge in [-0.25, -0.2) is 0 Å². The van der Waals surface area contributed by atoms with Gasteiger partial charge in [0.1, 0.15) is 7.05 Å². The zero-order valence-electron chi connectivity index (χ0n) is 47.9. The Hall–Kier alpha value is -5.80. The van der Waals surface area contributed by atoms with Crippen molar-refractivity contribution in [1.82, 2.24) is 31.0 Å². The summed E-state index contributed by atoms with van der Waals surface area (Å²) < 4.78 is 46.8. The lowest BCUT2D eigenvalue weighted by atomic mass is 9.81. The zero-order chi connectivity index (χ0) is 56.0. The lowest BCUT2D eigenvalue weighted by Gasteiger charge is -2.27. The molecule has 0 spiro atoms. The monoisotopic (exact) mass is 1120 g/mol. The van der Waals surface area contributed by atoms with E-state index in [9.17, 15) is 9.59 Å². The second kappa shape index (κ2) is 35.8. The number of carbonyl (C=O) groups is 2. The van der Waals surface area contributed by atoms with Crippen LogP contribution in [0.4, 0.5) is 11.4 Å². The first kappa shape index (κ1) is 65.0. The van der Waals surface area contributed by atoms with Crippen molar-refractivity contribution in [2.24, 2.45) is 0 Å². The molecule has 2 aliphatic rings. The predicted molar refractivity (Wildman–Crippen MR) is 306 cm³/mol. The number of para-hydroxylation sites is 2. The van der Waals surface area contributed by atoms with Crippen LogP contribution in [-0.4, -0.2) is 168 Å². The number of nitrogens with zero attached hydrogens (tertiary/aromatic N) is 6. The maximum absolute atomic E-state index is 12.6. The molecule has 19 heteroatoms. The molecule has 2 N–H and O–H groups in total. The van der Waals surface area contributed by atoms with Crippen LogP contribution in [-0.2, 0) is 64.9 Å². The van der Waals surface area contributed by atoms with Crippen LogP contribution >= 0.6 is 0 Å². The topological polar surface area (TPSA) is 190 Å². The lowest BCUT2D eigenvalue weighted by molar-refractivity contribution is -0.401. The molecule has 0 bridgehead atoms. The molecule has 0 saturated carbocycles. The number of hydrogen-bond acceptors (Lipinski definition) is 15. The molecule has 4 aromatic rings. The highest BCUT2D eigenvalue weighted by atomic mass is 35.5. The van der Waals surface area contributed by atoms with Crippen molar-refractivity contribution in [3.63, 3.8) is 0 Å². The van der Waals surface area contributed by atoms with Gasteiger partial charge in [-0.05, 0) is 56.9 Å². The molecule has 1 aromatic heterocycles. The van der Waals surface area contributed by atoms with E-state index in [4.69, 9.17) is 37.9 Å². The number of unbranched alkanes of at least 4 members (excludes halogenated alkanes) is 2. The molecule has 6 rings (SSSR count). The Morgan fingerprint density at radius 1 is 0.562 bits per heavy atom. The van der Waals surface area contributed by atoms with E-state index in [0.717, 1.165) is 36.9 Å². The minimum Gasteiger partial charge on any atom is -1.00 e. The van der Waals surface area contributed by atoms with Gasteiger partial charge in [-0.3, -0.25) is 9.59 Å². The van der Waals surface area contributed by atoms with E-state index in [1.54, 1.807) is 6.92 Å². The molecule has 3 aromatic carbocycles. The third-order valence-corrected chi connectivity index (χ3v) is 13.7. The van der Waals surface area contributed by atoms with Crippen molar-refractivity contribution in [3.8, 4) is 11.4 Å². The highest BCUT2D eigenvalue weighted by molar-refractivity contribution is 6.03. The van der Waals surface area contributed by atoms with Crippen molar-refractivity contribution in [2.75, 3.05) is 131 Å². The average Bonchev–Trinajstić information content (AvgIpc) is 3.84. The molecule has 2 amide bonds. The standard InChI is InChI=1S/C61H84N8O10.ClH/c1-48-64-66-59(67-65-48)50-26-24-49(25-27-50)47-63-58(71)28-31-72-33-35-74-37-39-76-41-43-78-45-46-79-44-42-77-40-38-75-36-34-73-32-29-62-57(70)23-11-8-16-30-69-54-20-15-13-18-52(54)61(4,5)56(69)22-10-7-9-21-55-60(2,3)51-17-12-14-19-53(51)68(55)6;/h7,9-10,12-15,17-22,24-27H,8,11,16,23,28-47H2,1-6H3,(H-,62,63,70,71);1H. The maximum Gasteiger partial charge on any atom is 0.222 e. The number of allylic oxidation sites excluding steroid dienone is 6. The normalized spacial score (nSPS) is 14.8. The van der Waals surface area contributed by atoms with E-state index >= 15 is 0 Å². The summed E-state index contributed by atoms with van der Waals surface area (Å²) in [6.45, 7) is 19.8. The van der Waals surface area contributed by atoms with Crippen LogP contribution in [0.3, 0.4) is 0 Å². The molecule has 436 valence electrons. The number of nitrogens with one attached hydrogen (secondary N) is 2. The number of ether oxygens (including phenoxy) is 8. The second-order valence-corrected chi connectivity index (χ2v) is 20.2. The fourth-order valence-electron chi connectivity index (χ4n) is 9.39. The molecule has 0 atom stereocenters. The fraction of sp³-hybridized carbons (Fsp3) is 0.525. The number of aryl methyl sites for hydroxylation is 1. The number of halogens is 1. The average molecular weight is 1130 g/mol. The molecule has 0 saturated heterocycles. The van der Waals surface area contributed by atoms with E-state index in [0.29, 0.717) is 137 Å². The Morgan fingerprint density at radius 2 is 1.09 bits per heavy atom. The Morgan fingerprint density at radius 3 is 1.68 bits per heavy atom. The largest absolute Gasteiger partial charge is 1.00 e. The van der Waals surface area contributed by atoms with E-state index < -0.39 is 0 Å². The molecular weight excluding hydrogens is 1040 g/mol. The van der Waals surface area contributed by atoms with Gasteiger partial charge in [-0.1, -0.05) is 99.2 Å². The van der Waals surface area contributed by atoms with Crippen LogP contribution < -0.4 is 27.9 Å². The highest BCUT2D eigenvalue weighted by Crippen LogP contribution is 2.47. The summed E-state index contributed by atoms with van der Waals surface area (Å²) in [7, 11) is 2.15. The smallest absolute Gasteiger partial charge is 0.222 e. The summed E-state index contributed by atoms with van der Waals surface area (Å²) in [5.41, 5.74) is 9.39. The molecule has 3 heterocycles. The van der Waals surface area contributed by atoms with Crippen LogP contribution in [0.2, 0.25) is 0 Å². The first-order chi connectivity index (χ1) is 38.5. The summed E-state index contributed by atoms with van der Waals surface area (Å²) in [5, 5.41) is 21.8. The van der Waals surface area contributed by atoms with Crippen molar-refractivity contribution in [3.05, 3.63) is 131 Å². The van der Waals surface area contributed by atoms with Crippen molar-refractivity contribution in [1.29, 1.82) is 0 Å². The van der Waals surface area contributed by atoms with Crippen LogP contribution in [0.15, 0.2) is 109 Å². The Labute approximate surface area is 480 Å². The van der Waals surface area contributed by atoms with Crippen molar-refractivity contribution >= 4 is 28.9 Å². The molecule has 80 heavy (non-hydrogen) atoms. The van der Waals surface area contributed by atoms with Gasteiger partial charge in [-0.15, -0.1) is 20.4 Å². The molecular formula is C61H85ClN8O10. The minimum absolute atomic E-state index is 0. The Bertz CT molecular complexity index is 2590. The Balaban J connectivity index is 0.0000118. The number of amides is 2. The number of benzene rings is 3. The number of aromatic nitrogens is 4. The molecule has 0 fully saturated rings. The van der Waals surface area contributed by atoms with E-state index in [2.05, 4.69) is 154 Å². The van der Waals surface area contributed by atoms with Gasteiger partial charge < -0.3 is 65.8 Å². The number of carbonyl (C=O) groups excluding carboxylic acids is 2. The number of rotatable bonds is 39. The van der Waals surface area contributed by atoms with E-state index in [-0.39, 0.29) is 41.5 Å². The van der Waals surface area contributed by atoms with E-state index in [1.807, 2.05) is 24.3 Å². The van der Waals surface area contributed by atoms with Gasteiger partial charge in [0.05, 0.1) is 111 Å². The van der Waals surface area contributed by atoms with Crippen LogP contribution in [0, 0.1) is 6.92 Å². The third-order valence-electron chi connectivity index (χ3n) is 13.7. The molecule has 0 aliphatic carbocycles. The SMILES string of the molecule is Cc1nnc(-c2ccc(CNC(=O)CCOCCOCCOCCOCCOCCOCCOCCOCCNC(=O)CCCCCN3\C(=C/C=C/C=C/C4=[N+](C)c5ccccc5C4(C)C)C(C)(C)c4ccccc43)cc2)nn1.[Cl-]. The molecule has 0 unspecified atom stereocenters. The van der Waals surface area contributed by atoms with E-state index in [1.165, 1.54) is 33.9 Å². The number of anilines is 1. The van der Waals surface area contributed by atoms with Gasteiger partial charge >= 0.3 is 0 Å². The van der Waals surface area contributed by atoms with Crippen molar-refractivity contribution < 1.29 is 64.5 Å². The third kappa shape index (κ3) is 21.3. The minimum atomic E-state index is -0.120. The first-order valence-electron chi connectivity index (χ1n) is 27.9. The van der Waals surface area contributed by atoms with Crippen LogP contribution in [0.1, 0.15) is 82.3 Å². The first-order valence-corrected chi connectivity index (χ1v) is 27.9. The molecule has 2 aliphatic heterocycles. The van der Waals surface area contributed by atoms with Crippen LogP contribution in [0.25, 0.3) is 11.4 Å². The summed E-state index contributed by atoms with van der Waals surface area (Å²) in [6.07, 6.45) is 14.5. The summed E-state index contributed by atoms with van der Waals surface area (Å²) in [4.78, 5) is 27.2. The van der Waals surface area contributed by atoms with Crippen LogP contribution in [0.5, 0.6) is 0 Å². The maximum atomic E-state index is 12.6. The molecule has 0 radical (unpaired) electrons. The quantitative estimate of drug-likeness (QED) is 0.0359. The zero-order valence-corrected chi connectivity index (χ0v) is 48.7. The summed E-state index contributed by atoms with van der Waals surface area (Å²) in [6, 6.07) is 24.9. The lowest BCUT2D eigenvalue weighted by Crippen LogP contribution is -3.00. The second-order valence-electron chi connectivity index (χ2n) is 20.2. The number of hydrogen-bond donors (Lipinski definition) is 2. The van der Waals surface area contributed by atoms with Gasteiger partial charge in [-0.2, -0.15) is 4.58 Å². The van der Waals surface area contributed by atoms with Crippen molar-refractivity contribution in [2.45, 2.75) is 84.1 Å². The highest BCUT2D eigenvalue weighted by Gasteiger charge is 2.42. The fourth-order valence-corrected chi connectivity index (χ4v) is 9.39. The Kier molecular flexibility index (Phi) is 29.1. The molecule has 18 nitrogen and oxygen atoms in total. The van der Waals surface area contributed by atoms with Gasteiger partial charge in [0.25, 0.3) is 0 Å².